The zero-order valence-corrected chi connectivity index (χ0v) is 8.21. The number of aromatic amines is 1. The number of aliphatic hydroxyl groups is 1. The van der Waals surface area contributed by atoms with Crippen LogP contribution in [-0.4, -0.2) is 28.0 Å². The van der Waals surface area contributed by atoms with E-state index in [-0.39, 0.29) is 0 Å². The van der Waals surface area contributed by atoms with E-state index in [4.69, 9.17) is 9.84 Å². The Kier molecular flexibility index (Phi) is 3.53. The zero-order chi connectivity index (χ0) is 12.3. The van der Waals surface area contributed by atoms with Crippen LogP contribution >= 0.6 is 0 Å². The largest absolute Gasteiger partial charge is 0.486 e. The molecule has 5 nitrogen and oxygen atoms in total. The van der Waals surface area contributed by atoms with Crippen molar-refractivity contribution >= 4 is 0 Å². The molecule has 0 saturated heterocycles. The van der Waals surface area contributed by atoms with Gasteiger partial charge in [-0.15, -0.1) is 0 Å². The predicted octanol–water partition coefficient (Wildman–Crippen LogP) is 0.548. The van der Waals surface area contributed by atoms with E-state index in [2.05, 4.69) is 5.10 Å². The Morgan fingerprint density at radius 1 is 1.62 bits per heavy atom. The van der Waals surface area contributed by atoms with Crippen LogP contribution in [0.4, 0.5) is 13.2 Å². The summed E-state index contributed by atoms with van der Waals surface area (Å²) >= 11 is 0. The summed E-state index contributed by atoms with van der Waals surface area (Å²) in [5, 5.41) is 13.5. The first-order chi connectivity index (χ1) is 7.36. The number of rotatable bonds is 3. The maximum atomic E-state index is 12.5. The molecule has 0 aliphatic rings. The van der Waals surface area contributed by atoms with Crippen LogP contribution < -0.4 is 10.3 Å². The topological polar surface area (TPSA) is 75.2 Å². The van der Waals surface area contributed by atoms with Crippen LogP contribution in [0.15, 0.2) is 11.0 Å². The van der Waals surface area contributed by atoms with Crippen molar-refractivity contribution in [2.45, 2.75) is 19.2 Å². The molecule has 1 atom stereocenters. The summed E-state index contributed by atoms with van der Waals surface area (Å²) in [6, 6.07) is 0. The number of hydrogen-bond acceptors (Lipinski definition) is 4. The molecule has 0 fully saturated rings. The molecule has 0 amide bonds. The SMILES string of the molecule is C[C@H](CO)Oc1cn[nH]c(=O)c1C(F)(F)F. The van der Waals surface area contributed by atoms with Gasteiger partial charge >= 0.3 is 6.18 Å². The summed E-state index contributed by atoms with van der Waals surface area (Å²) < 4.78 is 42.2. The van der Waals surface area contributed by atoms with Crippen molar-refractivity contribution in [3.05, 3.63) is 22.1 Å². The van der Waals surface area contributed by atoms with E-state index in [1.165, 1.54) is 6.92 Å². The third-order valence-corrected chi connectivity index (χ3v) is 1.69. The number of alkyl halides is 3. The number of hydrogen-bond donors (Lipinski definition) is 2. The maximum Gasteiger partial charge on any atom is 0.425 e. The molecule has 8 heteroatoms. The van der Waals surface area contributed by atoms with Crippen LogP contribution in [-0.2, 0) is 6.18 Å². The van der Waals surface area contributed by atoms with Crippen LogP contribution in [0.5, 0.6) is 5.75 Å². The Morgan fingerprint density at radius 2 is 2.25 bits per heavy atom. The molecule has 0 saturated carbocycles. The Morgan fingerprint density at radius 3 is 2.75 bits per heavy atom. The lowest BCUT2D eigenvalue weighted by Crippen LogP contribution is -2.26. The lowest BCUT2D eigenvalue weighted by molar-refractivity contribution is -0.140. The highest BCUT2D eigenvalue weighted by molar-refractivity contribution is 5.30. The average Bonchev–Trinajstić information content (AvgIpc) is 2.15. The van der Waals surface area contributed by atoms with Crippen molar-refractivity contribution in [1.82, 2.24) is 10.2 Å². The monoisotopic (exact) mass is 238 g/mol. The van der Waals surface area contributed by atoms with E-state index in [1.807, 2.05) is 0 Å². The first-order valence-corrected chi connectivity index (χ1v) is 4.28. The number of halogens is 3. The normalized spacial score (nSPS) is 13.6. The molecule has 1 rings (SSSR count). The van der Waals surface area contributed by atoms with Crippen LogP contribution in [0, 0.1) is 0 Å². The third kappa shape index (κ3) is 2.72. The van der Waals surface area contributed by atoms with E-state index in [0.717, 1.165) is 6.20 Å². The molecule has 16 heavy (non-hydrogen) atoms. The quantitative estimate of drug-likeness (QED) is 0.806. The molecule has 0 unspecified atom stereocenters. The van der Waals surface area contributed by atoms with Gasteiger partial charge in [0.15, 0.2) is 11.3 Å². The molecule has 0 bridgehead atoms. The number of aromatic nitrogens is 2. The molecule has 0 spiro atoms. The van der Waals surface area contributed by atoms with Gasteiger partial charge in [0.05, 0.1) is 12.8 Å². The summed E-state index contributed by atoms with van der Waals surface area (Å²) in [7, 11) is 0. The second-order valence-electron chi connectivity index (χ2n) is 3.05. The van der Waals surface area contributed by atoms with Gasteiger partial charge in [-0.2, -0.15) is 18.3 Å². The van der Waals surface area contributed by atoms with Crippen molar-refractivity contribution in [3.8, 4) is 5.75 Å². The molecule has 1 aromatic heterocycles. The maximum absolute atomic E-state index is 12.5. The number of nitrogens with zero attached hydrogens (tertiary/aromatic N) is 1. The molecule has 2 N–H and O–H groups in total. The minimum absolute atomic E-state index is 0.468. The standard InChI is InChI=1S/C8H9F3N2O3/c1-4(3-14)16-5-2-12-13-7(15)6(5)8(9,10)11/h2,4,14H,3H2,1H3,(H,13,15)/t4-/m1/s1. The molecular formula is C8H9F3N2O3. The predicted molar refractivity (Wildman–Crippen MR) is 47.0 cm³/mol. The van der Waals surface area contributed by atoms with Crippen LogP contribution in [0.2, 0.25) is 0 Å². The fourth-order valence-electron chi connectivity index (χ4n) is 0.994. The minimum Gasteiger partial charge on any atom is -0.486 e. The Hall–Kier alpha value is -1.57. The molecule has 0 radical (unpaired) electrons. The van der Waals surface area contributed by atoms with E-state index >= 15 is 0 Å². The van der Waals surface area contributed by atoms with E-state index < -0.39 is 35.8 Å². The summed E-state index contributed by atoms with van der Waals surface area (Å²) in [5.41, 5.74) is -2.84. The van der Waals surface area contributed by atoms with E-state index in [0.29, 0.717) is 0 Å². The fourth-order valence-corrected chi connectivity index (χ4v) is 0.994. The van der Waals surface area contributed by atoms with Gasteiger partial charge in [-0.05, 0) is 6.92 Å². The fraction of sp³-hybridized carbons (Fsp3) is 0.500. The highest BCUT2D eigenvalue weighted by Crippen LogP contribution is 2.32. The first kappa shape index (κ1) is 12.5. The minimum atomic E-state index is -4.83. The van der Waals surface area contributed by atoms with Gasteiger partial charge < -0.3 is 9.84 Å². The van der Waals surface area contributed by atoms with Gasteiger partial charge in [-0.25, -0.2) is 5.10 Å². The van der Waals surface area contributed by atoms with E-state index in [1.54, 1.807) is 5.10 Å². The van der Waals surface area contributed by atoms with Gasteiger partial charge in [0, 0.05) is 0 Å². The highest BCUT2D eigenvalue weighted by Gasteiger charge is 2.38. The molecule has 90 valence electrons. The van der Waals surface area contributed by atoms with Gasteiger partial charge in [-0.3, -0.25) is 4.79 Å². The van der Waals surface area contributed by atoms with Crippen LogP contribution in [0.25, 0.3) is 0 Å². The number of nitrogens with one attached hydrogen (secondary N) is 1. The molecule has 1 aromatic rings. The smallest absolute Gasteiger partial charge is 0.425 e. The number of aliphatic hydroxyl groups excluding tert-OH is 1. The van der Waals surface area contributed by atoms with Gasteiger partial charge in [0.1, 0.15) is 6.10 Å². The Labute approximate surface area is 87.9 Å². The molecule has 0 aromatic carbocycles. The molecule has 0 aliphatic carbocycles. The first-order valence-electron chi connectivity index (χ1n) is 4.28. The van der Waals surface area contributed by atoms with Crippen molar-refractivity contribution in [1.29, 1.82) is 0 Å². The molecule has 1 heterocycles. The summed E-state index contributed by atoms with van der Waals surface area (Å²) in [5.74, 6) is -0.696. The van der Waals surface area contributed by atoms with E-state index in [9.17, 15) is 18.0 Å². The molecular weight excluding hydrogens is 229 g/mol. The second-order valence-corrected chi connectivity index (χ2v) is 3.05. The van der Waals surface area contributed by atoms with Gasteiger partial charge in [0.25, 0.3) is 5.56 Å². The summed E-state index contributed by atoms with van der Waals surface area (Å²) in [4.78, 5) is 11.0. The summed E-state index contributed by atoms with van der Waals surface area (Å²) in [6.07, 6.45) is -4.94. The Balaban J connectivity index is 3.19. The second kappa shape index (κ2) is 4.52. The molecule has 0 aliphatic heterocycles. The van der Waals surface area contributed by atoms with Crippen molar-refractivity contribution in [3.63, 3.8) is 0 Å². The van der Waals surface area contributed by atoms with Crippen molar-refractivity contribution in [2.24, 2.45) is 0 Å². The average molecular weight is 238 g/mol. The Bertz CT molecular complexity index is 416. The summed E-state index contributed by atoms with van der Waals surface area (Å²) in [6.45, 7) is 0.894. The van der Waals surface area contributed by atoms with Crippen LogP contribution in [0.1, 0.15) is 12.5 Å². The van der Waals surface area contributed by atoms with Gasteiger partial charge in [0.2, 0.25) is 0 Å². The number of H-pyrrole nitrogens is 1. The lowest BCUT2D eigenvalue weighted by Gasteiger charge is -2.15. The van der Waals surface area contributed by atoms with Crippen LogP contribution in [0.3, 0.4) is 0 Å². The van der Waals surface area contributed by atoms with Crippen molar-refractivity contribution in [2.75, 3.05) is 6.61 Å². The lowest BCUT2D eigenvalue weighted by atomic mass is 10.2. The third-order valence-electron chi connectivity index (χ3n) is 1.69. The highest BCUT2D eigenvalue weighted by atomic mass is 19.4. The van der Waals surface area contributed by atoms with Crippen molar-refractivity contribution < 1.29 is 23.0 Å². The van der Waals surface area contributed by atoms with Gasteiger partial charge in [-0.1, -0.05) is 0 Å². The number of ether oxygens (including phenoxy) is 1. The zero-order valence-electron chi connectivity index (χ0n) is 8.21.